The smallest absolute Gasteiger partial charge is 0.277 e. The molecule has 0 fully saturated rings. The van der Waals surface area contributed by atoms with Gasteiger partial charge in [-0.2, -0.15) is 0 Å². The van der Waals surface area contributed by atoms with Crippen LogP contribution in [0, 0.1) is 0 Å². The highest BCUT2D eigenvalue weighted by Gasteiger charge is 2.14. The molecule has 1 aromatic carbocycles. The lowest BCUT2D eigenvalue weighted by Gasteiger charge is -2.14. The molecule has 2 heterocycles. The van der Waals surface area contributed by atoms with Gasteiger partial charge in [0.05, 0.1) is 11.8 Å². The Morgan fingerprint density at radius 3 is 3.00 bits per heavy atom. The topological polar surface area (TPSA) is 83.8 Å². The van der Waals surface area contributed by atoms with E-state index in [9.17, 15) is 4.79 Å². The molecule has 3 rings (SSSR count). The van der Waals surface area contributed by atoms with Crippen molar-refractivity contribution in [2.75, 3.05) is 5.75 Å². The zero-order valence-corrected chi connectivity index (χ0v) is 14.4. The lowest BCUT2D eigenvalue weighted by Crippen LogP contribution is -2.28. The molecule has 124 valence electrons. The van der Waals surface area contributed by atoms with Crippen molar-refractivity contribution in [3.8, 4) is 11.6 Å². The van der Waals surface area contributed by atoms with Crippen LogP contribution in [0.2, 0.25) is 5.02 Å². The number of halogens is 1. The Kier molecular flexibility index (Phi) is 5.22. The normalized spacial score (nSPS) is 12.1. The summed E-state index contributed by atoms with van der Waals surface area (Å²) in [5, 5.41) is 11.8. The number of hydrogen-bond donors (Lipinski definition) is 2. The van der Waals surface area contributed by atoms with Gasteiger partial charge in [-0.3, -0.25) is 4.79 Å². The van der Waals surface area contributed by atoms with Crippen LogP contribution in [0.4, 0.5) is 0 Å². The molecule has 0 aliphatic heterocycles. The van der Waals surface area contributed by atoms with Gasteiger partial charge < -0.3 is 14.7 Å². The molecule has 0 aliphatic carbocycles. The van der Waals surface area contributed by atoms with Crippen LogP contribution in [0.5, 0.6) is 0 Å². The van der Waals surface area contributed by atoms with Gasteiger partial charge in [-0.05, 0) is 36.8 Å². The van der Waals surface area contributed by atoms with Gasteiger partial charge in [-0.15, -0.1) is 10.2 Å². The summed E-state index contributed by atoms with van der Waals surface area (Å²) in [4.78, 5) is 15.0. The summed E-state index contributed by atoms with van der Waals surface area (Å²) in [6.07, 6.45) is 1.77. The van der Waals surface area contributed by atoms with E-state index < -0.39 is 0 Å². The molecule has 24 heavy (non-hydrogen) atoms. The summed E-state index contributed by atoms with van der Waals surface area (Å²) in [5.74, 6) is 0.472. The third-order valence-corrected chi connectivity index (χ3v) is 4.34. The monoisotopic (exact) mass is 362 g/mol. The van der Waals surface area contributed by atoms with Crippen molar-refractivity contribution in [1.29, 1.82) is 0 Å². The van der Waals surface area contributed by atoms with Crippen LogP contribution in [0.3, 0.4) is 0 Å². The van der Waals surface area contributed by atoms with Crippen LogP contribution in [-0.2, 0) is 4.79 Å². The molecule has 2 aromatic heterocycles. The lowest BCUT2D eigenvalue weighted by molar-refractivity contribution is -0.119. The van der Waals surface area contributed by atoms with Gasteiger partial charge in [0.25, 0.3) is 11.1 Å². The van der Waals surface area contributed by atoms with E-state index in [1.807, 2.05) is 37.3 Å². The van der Waals surface area contributed by atoms with E-state index in [0.717, 1.165) is 11.3 Å². The number of thioether (sulfide) groups is 1. The van der Waals surface area contributed by atoms with E-state index in [4.69, 9.17) is 16.0 Å². The van der Waals surface area contributed by atoms with Crippen molar-refractivity contribution in [1.82, 2.24) is 20.5 Å². The molecule has 8 heteroatoms. The SMILES string of the molecule is CC(NC(=O)CSc1nnc(-c2ccc[nH]2)o1)c1cccc(Cl)c1. The maximum Gasteiger partial charge on any atom is 0.277 e. The molecule has 0 bridgehead atoms. The molecule has 1 atom stereocenters. The molecule has 0 aliphatic rings. The predicted molar refractivity (Wildman–Crippen MR) is 92.8 cm³/mol. The molecular weight excluding hydrogens is 348 g/mol. The Morgan fingerprint density at radius 2 is 2.25 bits per heavy atom. The van der Waals surface area contributed by atoms with E-state index >= 15 is 0 Å². The summed E-state index contributed by atoms with van der Waals surface area (Å²) in [5.41, 5.74) is 1.70. The zero-order chi connectivity index (χ0) is 16.9. The Labute approximate surface area is 148 Å². The fourth-order valence-corrected chi connectivity index (χ4v) is 2.88. The van der Waals surface area contributed by atoms with Crippen molar-refractivity contribution in [3.63, 3.8) is 0 Å². The van der Waals surface area contributed by atoms with Crippen molar-refractivity contribution in [2.24, 2.45) is 0 Å². The first kappa shape index (κ1) is 16.6. The standard InChI is InChI=1S/C16H15ClN4O2S/c1-10(11-4-2-5-12(17)8-11)19-14(22)9-24-16-21-20-15(23-16)13-6-3-7-18-13/h2-8,10,18H,9H2,1H3,(H,19,22). The number of aromatic amines is 1. The molecule has 2 N–H and O–H groups in total. The van der Waals surface area contributed by atoms with Gasteiger partial charge >= 0.3 is 0 Å². The Morgan fingerprint density at radius 1 is 1.38 bits per heavy atom. The summed E-state index contributed by atoms with van der Waals surface area (Å²) in [6, 6.07) is 11.0. The van der Waals surface area contributed by atoms with Crippen LogP contribution in [0.25, 0.3) is 11.6 Å². The average Bonchev–Trinajstić information content (AvgIpc) is 3.24. The van der Waals surface area contributed by atoms with Crippen LogP contribution in [-0.4, -0.2) is 26.8 Å². The fourth-order valence-electron chi connectivity index (χ4n) is 2.11. The minimum Gasteiger partial charge on any atom is -0.410 e. The number of benzene rings is 1. The molecule has 0 saturated heterocycles. The van der Waals surface area contributed by atoms with Crippen molar-refractivity contribution >= 4 is 29.3 Å². The summed E-state index contributed by atoms with van der Waals surface area (Å²) < 4.78 is 5.50. The minimum absolute atomic E-state index is 0.118. The number of carbonyl (C=O) groups excluding carboxylic acids is 1. The Hall–Kier alpha value is -2.25. The van der Waals surface area contributed by atoms with E-state index in [-0.39, 0.29) is 17.7 Å². The van der Waals surface area contributed by atoms with Gasteiger partial charge in [-0.25, -0.2) is 0 Å². The number of hydrogen-bond acceptors (Lipinski definition) is 5. The maximum atomic E-state index is 12.1. The van der Waals surface area contributed by atoms with Gasteiger partial charge in [-0.1, -0.05) is 35.5 Å². The number of carbonyl (C=O) groups is 1. The van der Waals surface area contributed by atoms with Gasteiger partial charge in [0.1, 0.15) is 5.69 Å². The molecular formula is C16H15ClN4O2S. The summed E-state index contributed by atoms with van der Waals surface area (Å²) in [7, 11) is 0. The molecule has 0 spiro atoms. The number of H-pyrrole nitrogens is 1. The number of nitrogens with one attached hydrogen (secondary N) is 2. The Balaban J connectivity index is 1.52. The zero-order valence-electron chi connectivity index (χ0n) is 12.8. The quantitative estimate of drug-likeness (QED) is 0.653. The molecule has 0 radical (unpaired) electrons. The van der Waals surface area contributed by atoms with Crippen molar-refractivity contribution < 1.29 is 9.21 Å². The summed E-state index contributed by atoms with van der Waals surface area (Å²) in [6.45, 7) is 1.91. The predicted octanol–water partition coefficient (Wildman–Crippen LogP) is 3.69. The first-order valence-corrected chi connectivity index (χ1v) is 8.63. The van der Waals surface area contributed by atoms with E-state index in [0.29, 0.717) is 16.1 Å². The number of rotatable bonds is 6. The first-order valence-electron chi connectivity index (χ1n) is 7.27. The van der Waals surface area contributed by atoms with Crippen LogP contribution < -0.4 is 5.32 Å². The highest BCUT2D eigenvalue weighted by Crippen LogP contribution is 2.22. The van der Waals surface area contributed by atoms with E-state index in [2.05, 4.69) is 20.5 Å². The Bertz CT molecular complexity index is 819. The number of amides is 1. The second-order valence-electron chi connectivity index (χ2n) is 5.09. The third-order valence-electron chi connectivity index (χ3n) is 3.29. The third kappa shape index (κ3) is 4.18. The lowest BCUT2D eigenvalue weighted by atomic mass is 10.1. The molecule has 6 nitrogen and oxygen atoms in total. The van der Waals surface area contributed by atoms with E-state index in [1.54, 1.807) is 12.3 Å². The van der Waals surface area contributed by atoms with E-state index in [1.165, 1.54) is 11.8 Å². The average molecular weight is 363 g/mol. The summed E-state index contributed by atoms with van der Waals surface area (Å²) >= 11 is 7.16. The number of nitrogens with zero attached hydrogens (tertiary/aromatic N) is 2. The maximum absolute atomic E-state index is 12.1. The van der Waals surface area contributed by atoms with Crippen LogP contribution >= 0.6 is 23.4 Å². The first-order chi connectivity index (χ1) is 11.6. The van der Waals surface area contributed by atoms with Crippen molar-refractivity contribution in [2.45, 2.75) is 18.2 Å². The highest BCUT2D eigenvalue weighted by molar-refractivity contribution is 7.99. The largest absolute Gasteiger partial charge is 0.410 e. The highest BCUT2D eigenvalue weighted by atomic mass is 35.5. The van der Waals surface area contributed by atoms with Gasteiger partial charge in [0.15, 0.2) is 0 Å². The minimum atomic E-state index is -0.131. The molecule has 1 unspecified atom stereocenters. The second-order valence-corrected chi connectivity index (χ2v) is 6.45. The van der Waals surface area contributed by atoms with Crippen LogP contribution in [0.15, 0.2) is 52.2 Å². The van der Waals surface area contributed by atoms with Gasteiger partial charge in [0.2, 0.25) is 5.91 Å². The second kappa shape index (κ2) is 7.55. The van der Waals surface area contributed by atoms with Crippen LogP contribution in [0.1, 0.15) is 18.5 Å². The van der Waals surface area contributed by atoms with Crippen molar-refractivity contribution in [3.05, 3.63) is 53.2 Å². The molecule has 0 saturated carbocycles. The number of aromatic nitrogens is 3. The molecule has 3 aromatic rings. The fraction of sp³-hybridized carbons (Fsp3) is 0.188. The van der Waals surface area contributed by atoms with Gasteiger partial charge in [0, 0.05) is 11.2 Å². The molecule has 1 amide bonds.